The first-order chi connectivity index (χ1) is 14.7. The average molecular weight is 408 g/mol. The van der Waals surface area contributed by atoms with E-state index >= 15 is 0 Å². The lowest BCUT2D eigenvalue weighted by atomic mass is 10.2. The molecule has 30 heavy (non-hydrogen) atoms. The second kappa shape index (κ2) is 10.9. The van der Waals surface area contributed by atoms with Gasteiger partial charge >= 0.3 is 0 Å². The summed E-state index contributed by atoms with van der Waals surface area (Å²) in [5.41, 5.74) is 2.26. The van der Waals surface area contributed by atoms with Crippen molar-refractivity contribution in [3.8, 4) is 5.75 Å². The fraction of sp³-hybridized carbons (Fsp3) is 0.304. The number of nitrogens with one attached hydrogen (secondary N) is 3. The summed E-state index contributed by atoms with van der Waals surface area (Å²) in [5, 5.41) is 10.4. The minimum Gasteiger partial charge on any atom is -0.497 e. The number of amides is 1. The number of ether oxygens (including phenoxy) is 1. The van der Waals surface area contributed by atoms with Gasteiger partial charge in [-0.25, -0.2) is 0 Å². The second-order valence-corrected chi connectivity index (χ2v) is 6.90. The van der Waals surface area contributed by atoms with E-state index in [0.29, 0.717) is 12.5 Å². The van der Waals surface area contributed by atoms with Gasteiger partial charge in [0.15, 0.2) is 5.96 Å². The molecule has 0 saturated carbocycles. The summed E-state index contributed by atoms with van der Waals surface area (Å²) >= 11 is 0. The van der Waals surface area contributed by atoms with Crippen molar-refractivity contribution in [1.82, 2.24) is 20.5 Å². The van der Waals surface area contributed by atoms with Crippen LogP contribution in [0.4, 0.5) is 0 Å². The molecule has 0 aliphatic carbocycles. The quantitative estimate of drug-likeness (QED) is 0.289. The molecule has 7 heteroatoms. The van der Waals surface area contributed by atoms with Crippen molar-refractivity contribution in [2.45, 2.75) is 19.5 Å². The largest absolute Gasteiger partial charge is 0.497 e. The number of fused-ring (bicyclic) bond motifs is 1. The Labute approximate surface area is 177 Å². The van der Waals surface area contributed by atoms with Crippen LogP contribution in [0.5, 0.6) is 5.75 Å². The van der Waals surface area contributed by atoms with Crippen LogP contribution < -0.4 is 20.7 Å². The van der Waals surface area contributed by atoms with E-state index in [1.165, 1.54) is 10.9 Å². The Morgan fingerprint density at radius 2 is 1.83 bits per heavy atom. The Kier molecular flexibility index (Phi) is 7.71. The molecular formula is C23H29N5O2. The first-order valence-electron chi connectivity index (χ1n) is 10.1. The van der Waals surface area contributed by atoms with E-state index < -0.39 is 0 Å². The van der Waals surface area contributed by atoms with E-state index in [2.05, 4.69) is 62.0 Å². The number of aromatic nitrogens is 1. The van der Waals surface area contributed by atoms with Crippen molar-refractivity contribution < 1.29 is 9.53 Å². The number of hydrogen-bond donors (Lipinski definition) is 3. The molecule has 1 heterocycles. The first kappa shape index (κ1) is 21.2. The van der Waals surface area contributed by atoms with Crippen LogP contribution in [-0.4, -0.2) is 43.7 Å². The van der Waals surface area contributed by atoms with Crippen LogP contribution in [0.1, 0.15) is 12.0 Å². The molecule has 3 rings (SSSR count). The van der Waals surface area contributed by atoms with Crippen LogP contribution >= 0.6 is 0 Å². The van der Waals surface area contributed by atoms with Gasteiger partial charge in [-0.05, 0) is 41.6 Å². The second-order valence-electron chi connectivity index (χ2n) is 6.90. The smallest absolute Gasteiger partial charge is 0.239 e. The number of guanidine groups is 1. The molecule has 0 saturated heterocycles. The minimum atomic E-state index is -0.0902. The fourth-order valence-corrected chi connectivity index (χ4v) is 3.18. The van der Waals surface area contributed by atoms with E-state index in [4.69, 9.17) is 4.74 Å². The molecule has 0 aliphatic heterocycles. The van der Waals surface area contributed by atoms with Gasteiger partial charge in [0.1, 0.15) is 5.75 Å². The molecule has 2 aromatic carbocycles. The highest BCUT2D eigenvalue weighted by molar-refractivity contribution is 5.86. The number of para-hydroxylation sites is 1. The standard InChI is InChI=1S/C23H29N5O2/c1-24-23(25-13-5-14-28-15-12-19-6-3-4-7-21(19)28)27-17-22(29)26-16-18-8-10-20(30-2)11-9-18/h3-4,6-12,15H,5,13-14,16-17H2,1-2H3,(H,26,29)(H2,24,25,27). The molecule has 158 valence electrons. The van der Waals surface area contributed by atoms with Gasteiger partial charge in [-0.15, -0.1) is 0 Å². The van der Waals surface area contributed by atoms with Crippen molar-refractivity contribution >= 4 is 22.8 Å². The maximum absolute atomic E-state index is 12.1. The zero-order valence-electron chi connectivity index (χ0n) is 17.5. The summed E-state index contributed by atoms with van der Waals surface area (Å²) in [6.07, 6.45) is 3.06. The summed E-state index contributed by atoms with van der Waals surface area (Å²) in [7, 11) is 3.33. The maximum Gasteiger partial charge on any atom is 0.239 e. The topological polar surface area (TPSA) is 79.7 Å². The monoisotopic (exact) mass is 407 g/mol. The van der Waals surface area contributed by atoms with Gasteiger partial charge in [-0.2, -0.15) is 0 Å². The lowest BCUT2D eigenvalue weighted by Crippen LogP contribution is -2.43. The number of rotatable bonds is 9. The zero-order chi connectivity index (χ0) is 21.2. The summed E-state index contributed by atoms with van der Waals surface area (Å²) in [4.78, 5) is 16.3. The molecule has 1 aromatic heterocycles. The van der Waals surface area contributed by atoms with E-state index in [-0.39, 0.29) is 12.5 Å². The van der Waals surface area contributed by atoms with Crippen molar-refractivity contribution in [3.05, 3.63) is 66.4 Å². The van der Waals surface area contributed by atoms with Crippen molar-refractivity contribution in [2.75, 3.05) is 27.2 Å². The highest BCUT2D eigenvalue weighted by Crippen LogP contribution is 2.15. The van der Waals surface area contributed by atoms with Crippen molar-refractivity contribution in [3.63, 3.8) is 0 Å². The molecule has 0 radical (unpaired) electrons. The van der Waals surface area contributed by atoms with E-state index in [1.807, 2.05) is 24.3 Å². The Morgan fingerprint density at radius 1 is 1.03 bits per heavy atom. The third kappa shape index (κ3) is 6.01. The predicted molar refractivity (Wildman–Crippen MR) is 121 cm³/mol. The number of methoxy groups -OCH3 is 1. The number of aliphatic imine (C=N–C) groups is 1. The Balaban J connectivity index is 1.34. The van der Waals surface area contributed by atoms with E-state index in [0.717, 1.165) is 30.8 Å². The molecular weight excluding hydrogens is 378 g/mol. The van der Waals surface area contributed by atoms with Gasteiger partial charge in [0.05, 0.1) is 13.7 Å². The highest BCUT2D eigenvalue weighted by atomic mass is 16.5. The first-order valence-corrected chi connectivity index (χ1v) is 10.1. The van der Waals surface area contributed by atoms with Crippen LogP contribution in [-0.2, 0) is 17.9 Å². The Hall–Kier alpha value is -3.48. The van der Waals surface area contributed by atoms with Crippen LogP contribution in [0.3, 0.4) is 0 Å². The van der Waals surface area contributed by atoms with Gasteiger partial charge in [0.2, 0.25) is 5.91 Å². The number of benzene rings is 2. The lowest BCUT2D eigenvalue weighted by molar-refractivity contribution is -0.120. The molecule has 0 bridgehead atoms. The number of aryl methyl sites for hydroxylation is 1. The summed E-state index contributed by atoms with van der Waals surface area (Å²) in [6, 6.07) is 18.1. The van der Waals surface area contributed by atoms with E-state index in [9.17, 15) is 4.79 Å². The average Bonchev–Trinajstić information content (AvgIpc) is 3.20. The minimum absolute atomic E-state index is 0.0902. The third-order valence-electron chi connectivity index (χ3n) is 4.84. The lowest BCUT2D eigenvalue weighted by Gasteiger charge is -2.12. The van der Waals surface area contributed by atoms with Crippen LogP contribution in [0, 0.1) is 0 Å². The van der Waals surface area contributed by atoms with Crippen LogP contribution in [0.2, 0.25) is 0 Å². The summed E-state index contributed by atoms with van der Waals surface area (Å²) < 4.78 is 7.38. The van der Waals surface area contributed by atoms with Crippen molar-refractivity contribution in [1.29, 1.82) is 0 Å². The molecule has 0 aliphatic rings. The number of nitrogens with zero attached hydrogens (tertiary/aromatic N) is 2. The SMILES string of the molecule is CN=C(NCCCn1ccc2ccccc21)NCC(=O)NCc1ccc(OC)cc1. The molecule has 3 aromatic rings. The molecule has 0 atom stereocenters. The molecule has 3 N–H and O–H groups in total. The normalized spacial score (nSPS) is 11.3. The predicted octanol–water partition coefficient (Wildman–Crippen LogP) is 2.52. The van der Waals surface area contributed by atoms with Gasteiger partial charge in [-0.1, -0.05) is 30.3 Å². The Morgan fingerprint density at radius 3 is 2.60 bits per heavy atom. The number of carbonyl (C=O) groups is 1. The van der Waals surface area contributed by atoms with Gasteiger partial charge < -0.3 is 25.3 Å². The third-order valence-corrected chi connectivity index (χ3v) is 4.84. The van der Waals surface area contributed by atoms with Crippen LogP contribution in [0.25, 0.3) is 10.9 Å². The van der Waals surface area contributed by atoms with Gasteiger partial charge in [0, 0.05) is 38.4 Å². The van der Waals surface area contributed by atoms with Crippen molar-refractivity contribution in [2.24, 2.45) is 4.99 Å². The molecule has 0 fully saturated rings. The fourth-order valence-electron chi connectivity index (χ4n) is 3.18. The van der Waals surface area contributed by atoms with Gasteiger partial charge in [0.25, 0.3) is 0 Å². The summed E-state index contributed by atoms with van der Waals surface area (Å²) in [5.74, 6) is 1.33. The summed E-state index contributed by atoms with van der Waals surface area (Å²) in [6.45, 7) is 2.32. The van der Waals surface area contributed by atoms with E-state index in [1.54, 1.807) is 14.2 Å². The molecule has 0 spiro atoms. The van der Waals surface area contributed by atoms with Gasteiger partial charge in [-0.3, -0.25) is 9.79 Å². The highest BCUT2D eigenvalue weighted by Gasteiger charge is 2.04. The number of carbonyl (C=O) groups excluding carboxylic acids is 1. The Bertz CT molecular complexity index is 979. The number of hydrogen-bond acceptors (Lipinski definition) is 3. The molecule has 0 unspecified atom stereocenters. The zero-order valence-corrected chi connectivity index (χ0v) is 17.5. The molecule has 7 nitrogen and oxygen atoms in total. The molecule has 1 amide bonds. The van der Waals surface area contributed by atoms with Crippen LogP contribution in [0.15, 0.2) is 65.8 Å². The maximum atomic E-state index is 12.1.